The van der Waals surface area contributed by atoms with E-state index >= 15 is 0 Å². The van der Waals surface area contributed by atoms with Crippen molar-refractivity contribution >= 4 is 34.5 Å². The highest BCUT2D eigenvalue weighted by molar-refractivity contribution is 7.99. The molecule has 1 saturated carbocycles. The van der Waals surface area contributed by atoms with Crippen molar-refractivity contribution in [3.05, 3.63) is 34.6 Å². The first-order chi connectivity index (χ1) is 13.4. The molecule has 0 radical (unpaired) electrons. The topological polar surface area (TPSA) is 114 Å². The van der Waals surface area contributed by atoms with Gasteiger partial charge in [-0.05, 0) is 37.8 Å². The zero-order valence-corrected chi connectivity index (χ0v) is 16.4. The standard InChI is InChI=1S/C19H20N4O4S/c1-19(11-20,12-7-8-12)22-15(24)10-28-18-21-14-6-4-3-5-13(14)17(26)23(18)9-16(25)27-2/h3-6,12H,7-10H2,1-2H3,(H,22,24)/t19-/m1/s1. The molecule has 1 heterocycles. The van der Waals surface area contributed by atoms with Gasteiger partial charge in [0.2, 0.25) is 5.91 Å². The predicted octanol–water partition coefficient (Wildman–Crippen LogP) is 1.47. The quantitative estimate of drug-likeness (QED) is 0.425. The smallest absolute Gasteiger partial charge is 0.325 e. The van der Waals surface area contributed by atoms with Crippen LogP contribution in [0.15, 0.2) is 34.2 Å². The number of carbonyl (C=O) groups is 2. The summed E-state index contributed by atoms with van der Waals surface area (Å²) in [6, 6.07) is 8.98. The molecule has 0 spiro atoms. The van der Waals surface area contributed by atoms with E-state index in [1.54, 1.807) is 31.2 Å². The summed E-state index contributed by atoms with van der Waals surface area (Å²) in [7, 11) is 1.24. The maximum atomic E-state index is 12.8. The number of rotatable bonds is 7. The van der Waals surface area contributed by atoms with E-state index < -0.39 is 11.5 Å². The monoisotopic (exact) mass is 400 g/mol. The highest BCUT2D eigenvalue weighted by Crippen LogP contribution is 2.39. The number of amides is 1. The fraction of sp³-hybridized carbons (Fsp3) is 0.421. The summed E-state index contributed by atoms with van der Waals surface area (Å²) in [5.41, 5.74) is -0.782. The first-order valence-electron chi connectivity index (χ1n) is 8.79. The molecule has 0 aliphatic heterocycles. The van der Waals surface area contributed by atoms with Crippen LogP contribution in [0.25, 0.3) is 10.9 Å². The molecular weight excluding hydrogens is 380 g/mol. The van der Waals surface area contributed by atoms with Crippen molar-refractivity contribution in [1.82, 2.24) is 14.9 Å². The Morgan fingerprint density at radius 3 is 2.79 bits per heavy atom. The number of nitrogens with one attached hydrogen (secondary N) is 1. The van der Waals surface area contributed by atoms with E-state index in [4.69, 9.17) is 0 Å². The molecule has 9 heteroatoms. The molecule has 28 heavy (non-hydrogen) atoms. The lowest BCUT2D eigenvalue weighted by Crippen LogP contribution is -2.47. The summed E-state index contributed by atoms with van der Waals surface area (Å²) >= 11 is 1.04. The van der Waals surface area contributed by atoms with Crippen LogP contribution in [0.4, 0.5) is 0 Å². The molecule has 0 unspecified atom stereocenters. The van der Waals surface area contributed by atoms with Gasteiger partial charge in [0.1, 0.15) is 12.1 Å². The zero-order valence-electron chi connectivity index (χ0n) is 15.6. The third-order valence-corrected chi connectivity index (χ3v) is 5.68. The van der Waals surface area contributed by atoms with Crippen molar-refractivity contribution in [2.45, 2.75) is 37.0 Å². The van der Waals surface area contributed by atoms with Crippen LogP contribution in [0.1, 0.15) is 19.8 Å². The number of carbonyl (C=O) groups excluding carboxylic acids is 2. The number of methoxy groups -OCH3 is 1. The summed E-state index contributed by atoms with van der Waals surface area (Å²) in [6.07, 6.45) is 1.84. The Labute approximate surface area is 165 Å². The van der Waals surface area contributed by atoms with Crippen molar-refractivity contribution in [2.24, 2.45) is 5.92 Å². The highest BCUT2D eigenvalue weighted by atomic mass is 32.2. The average Bonchev–Trinajstić information content (AvgIpc) is 3.54. The number of hydrogen-bond acceptors (Lipinski definition) is 7. The van der Waals surface area contributed by atoms with Gasteiger partial charge in [0.25, 0.3) is 5.56 Å². The Balaban J connectivity index is 1.84. The van der Waals surface area contributed by atoms with Crippen LogP contribution >= 0.6 is 11.8 Å². The number of benzene rings is 1. The van der Waals surface area contributed by atoms with E-state index in [1.165, 1.54) is 11.7 Å². The number of esters is 1. The summed E-state index contributed by atoms with van der Waals surface area (Å²) < 4.78 is 5.87. The van der Waals surface area contributed by atoms with Crippen molar-refractivity contribution in [3.8, 4) is 6.07 Å². The minimum absolute atomic E-state index is 0.0318. The van der Waals surface area contributed by atoms with Crippen molar-refractivity contribution < 1.29 is 14.3 Å². The summed E-state index contributed by atoms with van der Waals surface area (Å²) in [5.74, 6) is -0.775. The molecule has 1 amide bonds. The maximum Gasteiger partial charge on any atom is 0.325 e. The van der Waals surface area contributed by atoms with Crippen LogP contribution < -0.4 is 10.9 Å². The molecule has 3 rings (SSSR count). The minimum atomic E-state index is -0.889. The third-order valence-electron chi connectivity index (χ3n) is 4.70. The number of para-hydroxylation sites is 1. The van der Waals surface area contributed by atoms with Gasteiger partial charge in [-0.3, -0.25) is 19.0 Å². The number of nitrogens with zero attached hydrogens (tertiary/aromatic N) is 3. The molecule has 8 nitrogen and oxygen atoms in total. The zero-order chi connectivity index (χ0) is 20.3. The van der Waals surface area contributed by atoms with Crippen LogP contribution in [0.3, 0.4) is 0 Å². The van der Waals surface area contributed by atoms with E-state index in [9.17, 15) is 19.6 Å². The average molecular weight is 400 g/mol. The van der Waals surface area contributed by atoms with Crippen molar-refractivity contribution in [1.29, 1.82) is 5.26 Å². The van der Waals surface area contributed by atoms with Crippen LogP contribution in [-0.2, 0) is 20.9 Å². The SMILES string of the molecule is COC(=O)Cn1c(SCC(=O)N[C@](C)(C#N)C2CC2)nc2ccccc2c1=O. The molecule has 2 aromatic rings. The number of thioether (sulfide) groups is 1. The lowest BCUT2D eigenvalue weighted by Gasteiger charge is -2.22. The molecule has 1 aromatic heterocycles. The second-order valence-corrected chi connectivity index (χ2v) is 7.75. The van der Waals surface area contributed by atoms with Gasteiger partial charge in [-0.15, -0.1) is 0 Å². The molecular formula is C19H20N4O4S. The molecule has 146 valence electrons. The largest absolute Gasteiger partial charge is 0.468 e. The predicted molar refractivity (Wildman–Crippen MR) is 104 cm³/mol. The van der Waals surface area contributed by atoms with E-state index in [0.29, 0.717) is 10.9 Å². The fourth-order valence-corrected chi connectivity index (χ4v) is 3.73. The normalized spacial score (nSPS) is 15.5. The van der Waals surface area contributed by atoms with Crippen LogP contribution in [0.2, 0.25) is 0 Å². The Bertz CT molecular complexity index is 1020. The summed E-state index contributed by atoms with van der Waals surface area (Å²) in [4.78, 5) is 41.3. The van der Waals surface area contributed by atoms with Crippen LogP contribution in [0, 0.1) is 17.2 Å². The second kappa shape index (κ2) is 8.02. The Morgan fingerprint density at radius 1 is 1.43 bits per heavy atom. The molecule has 1 aliphatic carbocycles. The van der Waals surface area contributed by atoms with Gasteiger partial charge in [0.15, 0.2) is 5.16 Å². The van der Waals surface area contributed by atoms with E-state index in [-0.39, 0.29) is 34.8 Å². The second-order valence-electron chi connectivity index (χ2n) is 6.80. The number of ether oxygens (including phenoxy) is 1. The molecule has 0 bridgehead atoms. The Morgan fingerprint density at radius 2 is 2.14 bits per heavy atom. The summed E-state index contributed by atoms with van der Waals surface area (Å²) in [6.45, 7) is 1.42. The van der Waals surface area contributed by atoms with Gasteiger partial charge in [-0.1, -0.05) is 23.9 Å². The number of aromatic nitrogens is 2. The van der Waals surface area contributed by atoms with Gasteiger partial charge in [-0.2, -0.15) is 5.26 Å². The van der Waals surface area contributed by atoms with Crippen LogP contribution in [0.5, 0.6) is 0 Å². The van der Waals surface area contributed by atoms with Crippen LogP contribution in [-0.4, -0.2) is 39.8 Å². The molecule has 1 fully saturated rings. The Kier molecular flexibility index (Phi) is 5.70. The number of nitriles is 1. The third kappa shape index (κ3) is 4.17. The lowest BCUT2D eigenvalue weighted by molar-refractivity contribution is -0.141. The molecule has 1 aliphatic rings. The van der Waals surface area contributed by atoms with Gasteiger partial charge in [0.05, 0.1) is 29.8 Å². The summed E-state index contributed by atoms with van der Waals surface area (Å²) in [5, 5.41) is 12.8. The molecule has 1 N–H and O–H groups in total. The Hall–Kier alpha value is -2.86. The fourth-order valence-electron chi connectivity index (χ4n) is 2.93. The number of hydrogen-bond donors (Lipinski definition) is 1. The first kappa shape index (κ1) is 19.9. The van der Waals surface area contributed by atoms with E-state index in [2.05, 4.69) is 21.1 Å². The highest BCUT2D eigenvalue weighted by Gasteiger charge is 2.42. The molecule has 1 atom stereocenters. The first-order valence-corrected chi connectivity index (χ1v) is 9.78. The van der Waals surface area contributed by atoms with E-state index in [1.807, 2.05) is 0 Å². The molecule has 0 saturated heterocycles. The van der Waals surface area contributed by atoms with Crippen molar-refractivity contribution in [3.63, 3.8) is 0 Å². The molecule has 1 aromatic carbocycles. The van der Waals surface area contributed by atoms with Crippen molar-refractivity contribution in [2.75, 3.05) is 12.9 Å². The van der Waals surface area contributed by atoms with Gasteiger partial charge in [0, 0.05) is 0 Å². The van der Waals surface area contributed by atoms with E-state index in [0.717, 1.165) is 24.6 Å². The minimum Gasteiger partial charge on any atom is -0.468 e. The maximum absolute atomic E-state index is 12.8. The van der Waals surface area contributed by atoms with Gasteiger partial charge in [-0.25, -0.2) is 4.98 Å². The lowest BCUT2D eigenvalue weighted by atomic mass is 9.98. The van der Waals surface area contributed by atoms with Gasteiger partial charge >= 0.3 is 5.97 Å². The van der Waals surface area contributed by atoms with Gasteiger partial charge < -0.3 is 10.1 Å². The number of fused-ring (bicyclic) bond motifs is 1.